The van der Waals surface area contributed by atoms with Gasteiger partial charge in [-0.3, -0.25) is 0 Å². The number of anilines is 1. The van der Waals surface area contributed by atoms with E-state index in [2.05, 4.69) is 15.5 Å². The summed E-state index contributed by atoms with van der Waals surface area (Å²) in [5.74, 6) is 0.300. The number of urea groups is 1. The smallest absolute Gasteiger partial charge is 0.321 e. The molecular weight excluding hydrogens is 399 g/mol. The number of nitrogens with zero attached hydrogens (tertiary/aromatic N) is 3. The van der Waals surface area contributed by atoms with Crippen molar-refractivity contribution in [2.24, 2.45) is 0 Å². The van der Waals surface area contributed by atoms with Gasteiger partial charge in [0, 0.05) is 30.7 Å². The molecule has 152 valence electrons. The van der Waals surface area contributed by atoms with Crippen molar-refractivity contribution in [3.63, 3.8) is 0 Å². The molecule has 1 N–H and O–H groups in total. The molecule has 0 bridgehead atoms. The summed E-state index contributed by atoms with van der Waals surface area (Å²) in [5, 5.41) is 7.22. The maximum Gasteiger partial charge on any atom is 0.321 e. The molecule has 9 heteroatoms. The quantitative estimate of drug-likeness (QED) is 0.612. The first kappa shape index (κ1) is 20.6. The van der Waals surface area contributed by atoms with Crippen LogP contribution in [-0.2, 0) is 13.0 Å². The molecule has 3 aromatic rings. The molecule has 7 nitrogen and oxygen atoms in total. The SMILES string of the molecule is Cc1ccc(NC(=O)N(C)CCc2noc(COc3ccccc3F)n2)cc1Cl. The van der Waals surface area contributed by atoms with Crippen LogP contribution in [0.5, 0.6) is 5.75 Å². The fourth-order valence-electron chi connectivity index (χ4n) is 2.41. The monoisotopic (exact) mass is 418 g/mol. The molecule has 2 amide bonds. The van der Waals surface area contributed by atoms with Gasteiger partial charge in [0.05, 0.1) is 0 Å². The Morgan fingerprint density at radius 1 is 1.31 bits per heavy atom. The van der Waals surface area contributed by atoms with Gasteiger partial charge < -0.3 is 19.5 Å². The van der Waals surface area contributed by atoms with Crippen molar-refractivity contribution < 1.29 is 18.4 Å². The largest absolute Gasteiger partial charge is 0.481 e. The van der Waals surface area contributed by atoms with Gasteiger partial charge in [-0.1, -0.05) is 35.0 Å². The molecule has 0 atom stereocenters. The van der Waals surface area contributed by atoms with Gasteiger partial charge in [0.15, 0.2) is 24.0 Å². The Balaban J connectivity index is 1.47. The molecule has 0 saturated carbocycles. The number of benzene rings is 2. The number of carbonyl (C=O) groups is 1. The number of para-hydroxylation sites is 1. The summed E-state index contributed by atoms with van der Waals surface area (Å²) in [6, 6.07) is 11.1. The molecule has 2 aromatic carbocycles. The van der Waals surface area contributed by atoms with Gasteiger partial charge in [-0.05, 0) is 36.8 Å². The lowest BCUT2D eigenvalue weighted by Crippen LogP contribution is -2.33. The first-order valence-corrected chi connectivity index (χ1v) is 9.27. The molecule has 0 saturated heterocycles. The number of amides is 2. The summed E-state index contributed by atoms with van der Waals surface area (Å²) in [5.41, 5.74) is 1.55. The molecule has 1 heterocycles. The summed E-state index contributed by atoms with van der Waals surface area (Å²) >= 11 is 6.07. The molecule has 1 aromatic heterocycles. The second-order valence-electron chi connectivity index (χ2n) is 6.39. The van der Waals surface area contributed by atoms with E-state index in [0.717, 1.165) is 5.56 Å². The zero-order valence-corrected chi connectivity index (χ0v) is 16.7. The molecular formula is C20H20ClFN4O3. The number of carbonyl (C=O) groups excluding carboxylic acids is 1. The van der Waals surface area contributed by atoms with Crippen molar-refractivity contribution in [1.29, 1.82) is 0 Å². The third-order valence-corrected chi connectivity index (χ3v) is 4.55. The maximum absolute atomic E-state index is 13.5. The van der Waals surface area contributed by atoms with Gasteiger partial charge >= 0.3 is 6.03 Å². The van der Waals surface area contributed by atoms with Crippen LogP contribution < -0.4 is 10.1 Å². The summed E-state index contributed by atoms with van der Waals surface area (Å²) in [7, 11) is 1.66. The zero-order chi connectivity index (χ0) is 20.8. The van der Waals surface area contributed by atoms with Crippen LogP contribution in [0.15, 0.2) is 47.0 Å². The van der Waals surface area contributed by atoms with E-state index >= 15 is 0 Å². The lowest BCUT2D eigenvalue weighted by atomic mass is 10.2. The Morgan fingerprint density at radius 2 is 2.10 bits per heavy atom. The topological polar surface area (TPSA) is 80.5 Å². The van der Waals surface area contributed by atoms with E-state index in [4.69, 9.17) is 20.9 Å². The molecule has 29 heavy (non-hydrogen) atoms. The van der Waals surface area contributed by atoms with Gasteiger partial charge in [-0.15, -0.1) is 0 Å². The highest BCUT2D eigenvalue weighted by atomic mass is 35.5. The van der Waals surface area contributed by atoms with Crippen LogP contribution in [0, 0.1) is 12.7 Å². The van der Waals surface area contributed by atoms with Gasteiger partial charge in [0.2, 0.25) is 0 Å². The summed E-state index contributed by atoms with van der Waals surface area (Å²) in [6.07, 6.45) is 0.391. The Hall–Kier alpha value is -3.13. The Bertz CT molecular complexity index is 995. The minimum atomic E-state index is -0.463. The van der Waals surface area contributed by atoms with E-state index in [1.165, 1.54) is 17.0 Å². The van der Waals surface area contributed by atoms with Crippen molar-refractivity contribution in [3.05, 3.63) is 70.6 Å². The molecule has 0 aliphatic rings. The minimum absolute atomic E-state index is 0.0432. The van der Waals surface area contributed by atoms with Crippen LogP contribution in [-0.4, -0.2) is 34.7 Å². The van der Waals surface area contributed by atoms with Gasteiger partial charge in [-0.2, -0.15) is 4.98 Å². The number of nitrogens with one attached hydrogen (secondary N) is 1. The van der Waals surface area contributed by atoms with Crippen molar-refractivity contribution in [1.82, 2.24) is 15.0 Å². The molecule has 0 radical (unpaired) electrons. The number of aromatic nitrogens is 2. The van der Waals surface area contributed by atoms with E-state index < -0.39 is 5.82 Å². The first-order valence-electron chi connectivity index (χ1n) is 8.89. The number of halogens is 2. The second-order valence-corrected chi connectivity index (χ2v) is 6.80. The second kappa shape index (κ2) is 9.38. The number of hydrogen-bond donors (Lipinski definition) is 1. The van der Waals surface area contributed by atoms with Gasteiger partial charge in [0.1, 0.15) is 0 Å². The predicted molar refractivity (Wildman–Crippen MR) is 107 cm³/mol. The van der Waals surface area contributed by atoms with Crippen LogP contribution in [0.1, 0.15) is 17.3 Å². The van der Waals surface area contributed by atoms with E-state index in [1.54, 1.807) is 31.3 Å². The average Bonchev–Trinajstić information content (AvgIpc) is 3.16. The molecule has 3 rings (SSSR count). The molecule has 0 fully saturated rings. The average molecular weight is 419 g/mol. The molecule has 0 unspecified atom stereocenters. The number of hydrogen-bond acceptors (Lipinski definition) is 5. The standard InChI is InChI=1S/C20H20ClFN4O3/c1-13-7-8-14(11-15(13)21)23-20(27)26(2)10-9-18-24-19(29-25-18)12-28-17-6-4-3-5-16(17)22/h3-8,11H,9-10,12H2,1-2H3,(H,23,27). The highest BCUT2D eigenvalue weighted by molar-refractivity contribution is 6.31. The van der Waals surface area contributed by atoms with E-state index in [0.29, 0.717) is 29.5 Å². The molecule has 0 aliphatic carbocycles. The van der Waals surface area contributed by atoms with Crippen molar-refractivity contribution in [2.75, 3.05) is 18.9 Å². The Labute approximate surface area is 172 Å². The number of aryl methyl sites for hydroxylation is 1. The lowest BCUT2D eigenvalue weighted by Gasteiger charge is -2.17. The van der Waals surface area contributed by atoms with E-state index in [1.807, 2.05) is 13.0 Å². The van der Waals surface area contributed by atoms with Gasteiger partial charge in [0.25, 0.3) is 5.89 Å². The number of rotatable bonds is 7. The predicted octanol–water partition coefficient (Wildman–Crippen LogP) is 4.46. The summed E-state index contributed by atoms with van der Waals surface area (Å²) in [4.78, 5) is 18.0. The van der Waals surface area contributed by atoms with Gasteiger partial charge in [-0.25, -0.2) is 9.18 Å². The van der Waals surface area contributed by atoms with Crippen LogP contribution in [0.4, 0.5) is 14.9 Å². The Morgan fingerprint density at radius 3 is 2.86 bits per heavy atom. The van der Waals surface area contributed by atoms with E-state index in [9.17, 15) is 9.18 Å². The fraction of sp³-hybridized carbons (Fsp3) is 0.250. The third-order valence-electron chi connectivity index (χ3n) is 4.14. The van der Waals surface area contributed by atoms with Crippen LogP contribution in [0.25, 0.3) is 0 Å². The number of ether oxygens (including phenoxy) is 1. The van der Waals surface area contributed by atoms with E-state index in [-0.39, 0.29) is 24.3 Å². The van der Waals surface area contributed by atoms with Crippen molar-refractivity contribution in [2.45, 2.75) is 20.0 Å². The van der Waals surface area contributed by atoms with Crippen LogP contribution >= 0.6 is 11.6 Å². The molecule has 0 aliphatic heterocycles. The highest BCUT2D eigenvalue weighted by Gasteiger charge is 2.13. The van der Waals surface area contributed by atoms with Crippen LogP contribution in [0.3, 0.4) is 0 Å². The van der Waals surface area contributed by atoms with Crippen LogP contribution in [0.2, 0.25) is 5.02 Å². The van der Waals surface area contributed by atoms with Crippen molar-refractivity contribution >= 4 is 23.3 Å². The summed E-state index contributed by atoms with van der Waals surface area (Å²) in [6.45, 7) is 2.22. The first-order chi connectivity index (χ1) is 13.9. The lowest BCUT2D eigenvalue weighted by molar-refractivity contribution is 0.222. The fourth-order valence-corrected chi connectivity index (χ4v) is 2.59. The maximum atomic E-state index is 13.5. The Kier molecular flexibility index (Phi) is 6.66. The third kappa shape index (κ3) is 5.68. The zero-order valence-electron chi connectivity index (χ0n) is 16.0. The minimum Gasteiger partial charge on any atom is -0.481 e. The van der Waals surface area contributed by atoms with Crippen molar-refractivity contribution in [3.8, 4) is 5.75 Å². The molecule has 0 spiro atoms. The summed E-state index contributed by atoms with van der Waals surface area (Å²) < 4.78 is 24.0. The normalized spacial score (nSPS) is 10.6. The number of likely N-dealkylation sites (N-methyl/N-ethyl adjacent to an activating group) is 1. The highest BCUT2D eigenvalue weighted by Crippen LogP contribution is 2.20.